The summed E-state index contributed by atoms with van der Waals surface area (Å²) in [5, 5.41) is 6.13. The second-order valence-electron chi connectivity index (χ2n) is 7.45. The van der Waals surface area contributed by atoms with Crippen LogP contribution in [-0.4, -0.2) is 42.7 Å². The zero-order chi connectivity index (χ0) is 19.0. The summed E-state index contributed by atoms with van der Waals surface area (Å²) in [5.74, 6) is 0. The van der Waals surface area contributed by atoms with E-state index in [1.54, 1.807) is 4.31 Å². The summed E-state index contributed by atoms with van der Waals surface area (Å²) >= 11 is 0. The highest BCUT2D eigenvalue weighted by atomic mass is 32.2. The lowest BCUT2D eigenvalue weighted by molar-refractivity contribution is 0.284. The summed E-state index contributed by atoms with van der Waals surface area (Å²) < 4.78 is 27.6. The average Bonchev–Trinajstić information content (AvgIpc) is 2.99. The lowest BCUT2D eigenvalue weighted by atomic mass is 10.1. The first-order valence-electron chi connectivity index (χ1n) is 9.65. The number of nitrogens with one attached hydrogen (secondary N) is 1. The Balaban J connectivity index is 1.56. The van der Waals surface area contributed by atoms with Gasteiger partial charge in [0.25, 0.3) is 0 Å². The van der Waals surface area contributed by atoms with E-state index in [-0.39, 0.29) is 6.04 Å². The summed E-state index contributed by atoms with van der Waals surface area (Å²) in [6.45, 7) is 5.09. The molecule has 6 heteroatoms. The minimum absolute atomic E-state index is 0.209. The van der Waals surface area contributed by atoms with Crippen molar-refractivity contribution in [3.05, 3.63) is 48.0 Å². The summed E-state index contributed by atoms with van der Waals surface area (Å²) in [5.41, 5.74) is 3.78. The van der Waals surface area contributed by atoms with Gasteiger partial charge in [0.05, 0.1) is 6.26 Å². The first kappa shape index (κ1) is 18.5. The molecule has 1 unspecified atom stereocenters. The number of sulfonamides is 1. The largest absolute Gasteiger partial charge is 0.341 e. The van der Waals surface area contributed by atoms with Gasteiger partial charge in [-0.05, 0) is 43.5 Å². The summed E-state index contributed by atoms with van der Waals surface area (Å²) in [4.78, 5) is 0. The number of hydrogen-bond acceptors (Lipinski definition) is 3. The van der Waals surface area contributed by atoms with Crippen LogP contribution in [0.2, 0.25) is 0 Å². The van der Waals surface area contributed by atoms with Gasteiger partial charge in [0.1, 0.15) is 0 Å². The lowest BCUT2D eigenvalue weighted by Gasteiger charge is -2.31. The number of para-hydroxylation sites is 1. The molecule has 0 aliphatic carbocycles. The molecule has 1 aliphatic heterocycles. The fourth-order valence-corrected chi connectivity index (χ4v) is 5.14. The van der Waals surface area contributed by atoms with Crippen LogP contribution in [0.1, 0.15) is 25.3 Å². The third-order valence-electron chi connectivity index (χ3n) is 5.60. The number of benzene rings is 2. The number of aromatic nitrogens is 1. The molecule has 5 nitrogen and oxygen atoms in total. The molecule has 2 heterocycles. The van der Waals surface area contributed by atoms with Gasteiger partial charge in [0.2, 0.25) is 10.0 Å². The highest BCUT2D eigenvalue weighted by Gasteiger charge is 2.25. The van der Waals surface area contributed by atoms with Crippen LogP contribution in [0.15, 0.2) is 42.5 Å². The molecule has 1 aromatic heterocycles. The van der Waals surface area contributed by atoms with E-state index in [2.05, 4.69) is 59.3 Å². The van der Waals surface area contributed by atoms with Gasteiger partial charge in [0, 0.05) is 54.0 Å². The number of nitrogens with zero attached hydrogens (tertiary/aromatic N) is 2. The number of fused-ring (bicyclic) bond motifs is 3. The molecular formula is C21H27N3O2S. The Morgan fingerprint density at radius 3 is 2.67 bits per heavy atom. The first-order chi connectivity index (χ1) is 13.0. The molecular weight excluding hydrogens is 358 g/mol. The van der Waals surface area contributed by atoms with E-state index in [4.69, 9.17) is 0 Å². The van der Waals surface area contributed by atoms with Crippen LogP contribution in [0.5, 0.6) is 0 Å². The Morgan fingerprint density at radius 1 is 1.11 bits per heavy atom. The van der Waals surface area contributed by atoms with E-state index in [1.165, 1.54) is 33.6 Å². The smallest absolute Gasteiger partial charge is 0.211 e. The highest BCUT2D eigenvalue weighted by Crippen LogP contribution is 2.29. The average molecular weight is 386 g/mol. The van der Waals surface area contributed by atoms with Crippen molar-refractivity contribution in [2.24, 2.45) is 0 Å². The molecule has 27 heavy (non-hydrogen) atoms. The Bertz CT molecular complexity index is 1070. The van der Waals surface area contributed by atoms with Gasteiger partial charge in [-0.1, -0.05) is 24.3 Å². The van der Waals surface area contributed by atoms with Gasteiger partial charge in [-0.2, -0.15) is 0 Å². The molecule has 0 spiro atoms. The van der Waals surface area contributed by atoms with Crippen LogP contribution in [0.3, 0.4) is 0 Å². The maximum absolute atomic E-state index is 11.8. The predicted octanol–water partition coefficient (Wildman–Crippen LogP) is 3.33. The van der Waals surface area contributed by atoms with Gasteiger partial charge < -0.3 is 9.88 Å². The van der Waals surface area contributed by atoms with Crippen LogP contribution < -0.4 is 5.32 Å². The van der Waals surface area contributed by atoms with Crippen LogP contribution >= 0.6 is 0 Å². The molecule has 0 radical (unpaired) electrons. The molecule has 1 saturated heterocycles. The molecule has 0 bridgehead atoms. The Hall–Kier alpha value is -1.89. The zero-order valence-electron chi connectivity index (χ0n) is 16.0. The SMILES string of the molecule is CCn1c2ccccc2c2cc(CNC3CCCN(S(C)(=O)=O)C3)ccc21. The maximum atomic E-state index is 11.8. The second-order valence-corrected chi connectivity index (χ2v) is 9.44. The number of aryl methyl sites for hydroxylation is 1. The van der Waals surface area contributed by atoms with Crippen molar-refractivity contribution in [3.8, 4) is 0 Å². The normalized spacial score (nSPS) is 19.1. The van der Waals surface area contributed by atoms with Gasteiger partial charge in [0.15, 0.2) is 0 Å². The topological polar surface area (TPSA) is 54.3 Å². The molecule has 0 saturated carbocycles. The van der Waals surface area contributed by atoms with Crippen molar-refractivity contribution in [2.75, 3.05) is 19.3 Å². The number of piperidine rings is 1. The molecule has 3 aromatic rings. The first-order valence-corrected chi connectivity index (χ1v) is 11.5. The minimum atomic E-state index is -3.10. The third kappa shape index (κ3) is 3.61. The van der Waals surface area contributed by atoms with Crippen molar-refractivity contribution < 1.29 is 8.42 Å². The predicted molar refractivity (Wildman–Crippen MR) is 111 cm³/mol. The minimum Gasteiger partial charge on any atom is -0.341 e. The van der Waals surface area contributed by atoms with E-state index in [1.807, 2.05) is 0 Å². The Labute approximate surface area is 161 Å². The molecule has 4 rings (SSSR count). The van der Waals surface area contributed by atoms with Crippen LogP contribution in [0.4, 0.5) is 0 Å². The van der Waals surface area contributed by atoms with E-state index < -0.39 is 10.0 Å². The van der Waals surface area contributed by atoms with Crippen molar-refractivity contribution in [1.82, 2.24) is 14.2 Å². The van der Waals surface area contributed by atoms with E-state index in [0.29, 0.717) is 13.1 Å². The zero-order valence-corrected chi connectivity index (χ0v) is 16.8. The molecule has 1 atom stereocenters. The Morgan fingerprint density at radius 2 is 1.89 bits per heavy atom. The molecule has 1 N–H and O–H groups in total. The summed E-state index contributed by atoms with van der Waals surface area (Å²) in [7, 11) is -3.10. The third-order valence-corrected chi connectivity index (χ3v) is 6.87. The fourth-order valence-electron chi connectivity index (χ4n) is 4.22. The van der Waals surface area contributed by atoms with Gasteiger partial charge in [-0.15, -0.1) is 0 Å². The maximum Gasteiger partial charge on any atom is 0.211 e. The molecule has 0 amide bonds. The molecule has 144 valence electrons. The fraction of sp³-hybridized carbons (Fsp3) is 0.429. The van der Waals surface area contributed by atoms with Crippen molar-refractivity contribution in [2.45, 2.75) is 38.9 Å². The molecule has 1 fully saturated rings. The van der Waals surface area contributed by atoms with E-state index >= 15 is 0 Å². The van der Waals surface area contributed by atoms with E-state index in [9.17, 15) is 8.42 Å². The second kappa shape index (κ2) is 7.26. The van der Waals surface area contributed by atoms with Crippen LogP contribution in [0.25, 0.3) is 21.8 Å². The monoisotopic (exact) mass is 385 g/mol. The summed E-state index contributed by atoms with van der Waals surface area (Å²) in [6, 6.07) is 15.4. The molecule has 2 aromatic carbocycles. The van der Waals surface area contributed by atoms with E-state index in [0.717, 1.165) is 25.9 Å². The van der Waals surface area contributed by atoms with Gasteiger partial charge in [-0.25, -0.2) is 12.7 Å². The van der Waals surface area contributed by atoms with Gasteiger partial charge >= 0.3 is 0 Å². The molecule has 1 aliphatic rings. The lowest BCUT2D eigenvalue weighted by Crippen LogP contribution is -2.47. The Kier molecular flexibility index (Phi) is 4.97. The van der Waals surface area contributed by atoms with Crippen LogP contribution in [0, 0.1) is 0 Å². The number of rotatable bonds is 5. The van der Waals surface area contributed by atoms with Crippen molar-refractivity contribution in [3.63, 3.8) is 0 Å². The van der Waals surface area contributed by atoms with Crippen molar-refractivity contribution >= 4 is 31.8 Å². The van der Waals surface area contributed by atoms with Crippen LogP contribution in [-0.2, 0) is 23.1 Å². The quantitative estimate of drug-likeness (QED) is 0.733. The van der Waals surface area contributed by atoms with Gasteiger partial charge in [-0.3, -0.25) is 0 Å². The number of hydrogen-bond donors (Lipinski definition) is 1. The standard InChI is InChI=1S/C21H27N3O2S/c1-3-24-20-9-5-4-8-18(20)19-13-16(10-11-21(19)24)14-22-17-7-6-12-23(15-17)27(2,25)26/h4-5,8-11,13,17,22H,3,6-7,12,14-15H2,1-2H3. The summed E-state index contributed by atoms with van der Waals surface area (Å²) in [6.07, 6.45) is 3.23. The highest BCUT2D eigenvalue weighted by molar-refractivity contribution is 7.88. The van der Waals surface area contributed by atoms with Crippen molar-refractivity contribution in [1.29, 1.82) is 0 Å².